The molecule has 0 spiro atoms. The fourth-order valence-corrected chi connectivity index (χ4v) is 1.25. The Labute approximate surface area is 65.2 Å². The van der Waals surface area contributed by atoms with E-state index in [-0.39, 0.29) is 11.8 Å². The number of carbonyl (C=O) groups is 1. The fraction of sp³-hybridized carbons (Fsp3) is 0.857. The summed E-state index contributed by atoms with van der Waals surface area (Å²) in [7, 11) is 0. The van der Waals surface area contributed by atoms with Crippen LogP contribution in [0.1, 0.15) is 12.8 Å². The van der Waals surface area contributed by atoms with Crippen molar-refractivity contribution < 1.29 is 15.0 Å². The van der Waals surface area contributed by atoms with Gasteiger partial charge < -0.3 is 15.5 Å². The molecule has 11 heavy (non-hydrogen) atoms. The zero-order chi connectivity index (χ0) is 8.27. The number of rotatable bonds is 3. The summed E-state index contributed by atoms with van der Waals surface area (Å²) in [5.41, 5.74) is 0. The van der Waals surface area contributed by atoms with Gasteiger partial charge in [-0.05, 0) is 19.4 Å². The lowest BCUT2D eigenvalue weighted by molar-refractivity contribution is -0.130. The molecule has 4 nitrogen and oxygen atoms in total. The minimum Gasteiger partial charge on any atom is -0.393 e. The Morgan fingerprint density at radius 1 is 1.73 bits per heavy atom. The van der Waals surface area contributed by atoms with Gasteiger partial charge in [0.25, 0.3) is 0 Å². The molecule has 0 radical (unpaired) electrons. The highest BCUT2D eigenvalue weighted by Gasteiger charge is 2.26. The number of nitrogens with one attached hydrogen (secondary N) is 1. The van der Waals surface area contributed by atoms with Gasteiger partial charge in [0.15, 0.2) is 5.78 Å². The number of Topliss-reactive ketones (excluding diaryl/α,β-unsaturated/α-hetero) is 1. The molecule has 1 aliphatic heterocycles. The van der Waals surface area contributed by atoms with Gasteiger partial charge in [-0.25, -0.2) is 0 Å². The minimum atomic E-state index is -1.20. The molecule has 64 valence electrons. The Morgan fingerprint density at radius 2 is 2.45 bits per heavy atom. The third-order valence-corrected chi connectivity index (χ3v) is 1.91. The second-order valence-electron chi connectivity index (χ2n) is 2.75. The molecule has 4 heteroatoms. The van der Waals surface area contributed by atoms with E-state index in [1.165, 1.54) is 0 Å². The Balaban J connectivity index is 2.39. The Kier molecular flexibility index (Phi) is 2.99. The number of aliphatic hydroxyl groups excluding tert-OH is 2. The maximum atomic E-state index is 11.1. The maximum Gasteiger partial charge on any atom is 0.180 e. The van der Waals surface area contributed by atoms with E-state index in [0.29, 0.717) is 0 Å². The Bertz CT molecular complexity index is 143. The lowest BCUT2D eigenvalue weighted by atomic mass is 10.1. The van der Waals surface area contributed by atoms with E-state index in [2.05, 4.69) is 5.32 Å². The number of ketones is 1. The van der Waals surface area contributed by atoms with E-state index in [1.54, 1.807) is 0 Å². The molecular weight excluding hydrogens is 146 g/mol. The molecule has 0 aliphatic carbocycles. The molecule has 3 N–H and O–H groups in total. The molecule has 1 saturated heterocycles. The van der Waals surface area contributed by atoms with Gasteiger partial charge in [0.1, 0.15) is 6.10 Å². The third kappa shape index (κ3) is 1.99. The van der Waals surface area contributed by atoms with Crippen molar-refractivity contribution in [2.45, 2.75) is 25.0 Å². The monoisotopic (exact) mass is 159 g/mol. The summed E-state index contributed by atoms with van der Waals surface area (Å²) in [5.74, 6) is -0.287. The molecule has 0 aromatic carbocycles. The highest BCUT2D eigenvalue weighted by Crippen LogP contribution is 2.07. The maximum absolute atomic E-state index is 11.1. The summed E-state index contributed by atoms with van der Waals surface area (Å²) in [6.45, 7) is 0.353. The minimum absolute atomic E-state index is 0.239. The second kappa shape index (κ2) is 3.80. The van der Waals surface area contributed by atoms with E-state index in [9.17, 15) is 4.79 Å². The van der Waals surface area contributed by atoms with Crippen LogP contribution < -0.4 is 5.32 Å². The normalized spacial score (nSPS) is 26.9. The van der Waals surface area contributed by atoms with Crippen LogP contribution in [0.3, 0.4) is 0 Å². The number of hydrogen-bond acceptors (Lipinski definition) is 4. The van der Waals surface area contributed by atoms with Gasteiger partial charge in [0.2, 0.25) is 0 Å². The van der Waals surface area contributed by atoms with E-state index in [0.717, 1.165) is 19.4 Å². The Hall–Kier alpha value is -0.450. The first kappa shape index (κ1) is 8.64. The molecule has 1 fully saturated rings. The first-order valence-electron chi connectivity index (χ1n) is 3.81. The summed E-state index contributed by atoms with van der Waals surface area (Å²) < 4.78 is 0. The highest BCUT2D eigenvalue weighted by molar-refractivity contribution is 5.88. The molecule has 0 saturated carbocycles. The van der Waals surface area contributed by atoms with Crippen molar-refractivity contribution in [2.75, 3.05) is 13.2 Å². The van der Waals surface area contributed by atoms with Crippen LogP contribution >= 0.6 is 0 Å². The molecule has 0 aromatic heterocycles. The van der Waals surface area contributed by atoms with Crippen LogP contribution in [0.5, 0.6) is 0 Å². The van der Waals surface area contributed by atoms with Crippen molar-refractivity contribution in [3.63, 3.8) is 0 Å². The SMILES string of the molecule is O=C(C(O)CO)[C@@H]1CCCN1. The first-order valence-corrected chi connectivity index (χ1v) is 3.81. The summed E-state index contributed by atoms with van der Waals surface area (Å²) >= 11 is 0. The number of hydrogen-bond donors (Lipinski definition) is 3. The van der Waals surface area contributed by atoms with Gasteiger partial charge in [-0.2, -0.15) is 0 Å². The predicted molar refractivity (Wildman–Crippen MR) is 39.1 cm³/mol. The third-order valence-electron chi connectivity index (χ3n) is 1.91. The van der Waals surface area contributed by atoms with Crippen LogP contribution in [0.4, 0.5) is 0 Å². The molecule has 1 unspecified atom stereocenters. The number of aliphatic hydroxyl groups is 2. The molecule has 1 aliphatic rings. The second-order valence-corrected chi connectivity index (χ2v) is 2.75. The fourth-order valence-electron chi connectivity index (χ4n) is 1.25. The average molecular weight is 159 g/mol. The topological polar surface area (TPSA) is 69.6 Å². The van der Waals surface area contributed by atoms with Crippen molar-refractivity contribution in [1.82, 2.24) is 5.32 Å². The van der Waals surface area contributed by atoms with E-state index < -0.39 is 12.7 Å². The highest BCUT2D eigenvalue weighted by atomic mass is 16.3. The number of carbonyl (C=O) groups excluding carboxylic acids is 1. The van der Waals surface area contributed by atoms with Crippen LogP contribution in [0.15, 0.2) is 0 Å². The molecular formula is C7H13NO3. The van der Waals surface area contributed by atoms with Crippen LogP contribution in [-0.4, -0.2) is 41.3 Å². The van der Waals surface area contributed by atoms with Gasteiger partial charge in [-0.1, -0.05) is 0 Å². The largest absolute Gasteiger partial charge is 0.393 e. The zero-order valence-electron chi connectivity index (χ0n) is 6.29. The average Bonchev–Trinajstić information content (AvgIpc) is 2.53. The van der Waals surface area contributed by atoms with Gasteiger partial charge in [-0.3, -0.25) is 4.79 Å². The van der Waals surface area contributed by atoms with Crippen LogP contribution in [0.2, 0.25) is 0 Å². The predicted octanol–water partition coefficient (Wildman–Crippen LogP) is -1.34. The molecule has 2 atom stereocenters. The van der Waals surface area contributed by atoms with Crippen LogP contribution in [-0.2, 0) is 4.79 Å². The summed E-state index contributed by atoms with van der Waals surface area (Å²) in [6, 6.07) is -0.239. The molecule has 0 amide bonds. The van der Waals surface area contributed by atoms with Gasteiger partial charge >= 0.3 is 0 Å². The first-order chi connectivity index (χ1) is 5.25. The summed E-state index contributed by atoms with van der Waals surface area (Å²) in [6.07, 6.45) is 0.537. The lowest BCUT2D eigenvalue weighted by Gasteiger charge is -2.11. The van der Waals surface area contributed by atoms with E-state index >= 15 is 0 Å². The zero-order valence-corrected chi connectivity index (χ0v) is 6.29. The molecule has 1 heterocycles. The van der Waals surface area contributed by atoms with Crippen molar-refractivity contribution in [3.05, 3.63) is 0 Å². The lowest BCUT2D eigenvalue weighted by Crippen LogP contribution is -2.40. The summed E-state index contributed by atoms with van der Waals surface area (Å²) in [5, 5.41) is 20.4. The molecule has 0 aromatic rings. The Morgan fingerprint density at radius 3 is 2.91 bits per heavy atom. The van der Waals surface area contributed by atoms with Crippen molar-refractivity contribution >= 4 is 5.78 Å². The van der Waals surface area contributed by atoms with E-state index in [4.69, 9.17) is 10.2 Å². The quantitative estimate of drug-likeness (QED) is 0.477. The standard InChI is InChI=1S/C7H13NO3/c9-4-6(10)7(11)5-2-1-3-8-5/h5-6,8-10H,1-4H2/t5-,6?/m0/s1. The van der Waals surface area contributed by atoms with Gasteiger partial charge in [0, 0.05) is 0 Å². The van der Waals surface area contributed by atoms with Gasteiger partial charge in [-0.15, -0.1) is 0 Å². The van der Waals surface area contributed by atoms with Gasteiger partial charge in [0.05, 0.1) is 12.6 Å². The van der Waals surface area contributed by atoms with E-state index in [1.807, 2.05) is 0 Å². The van der Waals surface area contributed by atoms with Crippen molar-refractivity contribution in [1.29, 1.82) is 0 Å². The smallest absolute Gasteiger partial charge is 0.180 e. The molecule has 1 rings (SSSR count). The van der Waals surface area contributed by atoms with Crippen molar-refractivity contribution in [3.8, 4) is 0 Å². The van der Waals surface area contributed by atoms with Crippen LogP contribution in [0.25, 0.3) is 0 Å². The summed E-state index contributed by atoms with van der Waals surface area (Å²) in [4.78, 5) is 11.1. The van der Waals surface area contributed by atoms with Crippen LogP contribution in [0, 0.1) is 0 Å². The molecule has 0 bridgehead atoms. The van der Waals surface area contributed by atoms with Crippen molar-refractivity contribution in [2.24, 2.45) is 0 Å².